The van der Waals surface area contributed by atoms with Gasteiger partial charge in [0.2, 0.25) is 5.16 Å². The number of fused-ring (bicyclic) bond motifs is 1. The Kier molecular flexibility index (Phi) is 5.40. The summed E-state index contributed by atoms with van der Waals surface area (Å²) < 4.78 is 12.7. The molecule has 4 rings (SSSR count). The highest BCUT2D eigenvalue weighted by atomic mass is 35.5. The van der Waals surface area contributed by atoms with Gasteiger partial charge in [0.15, 0.2) is 5.82 Å². The Morgan fingerprint density at radius 2 is 1.82 bits per heavy atom. The minimum atomic E-state index is -0.135. The molecule has 9 heteroatoms. The second-order valence-corrected chi connectivity index (χ2v) is 7.46. The molecule has 3 aromatic rings. The summed E-state index contributed by atoms with van der Waals surface area (Å²) in [6, 6.07) is 14.1. The van der Waals surface area contributed by atoms with Crippen molar-refractivity contribution >= 4 is 29.3 Å². The summed E-state index contributed by atoms with van der Waals surface area (Å²) in [5, 5.41) is 11.3. The second-order valence-electron chi connectivity index (χ2n) is 5.96. The Morgan fingerprint density at radius 3 is 2.54 bits per heavy atom. The maximum atomic E-state index is 13.0. The Bertz CT molecular complexity index is 976. The van der Waals surface area contributed by atoms with Gasteiger partial charge in [-0.15, -0.1) is 10.2 Å². The third kappa shape index (κ3) is 3.79. The quantitative estimate of drug-likeness (QED) is 0.635. The lowest BCUT2D eigenvalue weighted by Crippen LogP contribution is -2.45. The number of hydrogen-bond donors (Lipinski definition) is 0. The number of methoxy groups -OCH3 is 1. The van der Waals surface area contributed by atoms with Gasteiger partial charge in [-0.2, -0.15) is 0 Å². The summed E-state index contributed by atoms with van der Waals surface area (Å²) in [5.41, 5.74) is 0.554. The molecule has 1 amide bonds. The van der Waals surface area contributed by atoms with E-state index in [4.69, 9.17) is 21.1 Å². The Morgan fingerprint density at radius 1 is 1.11 bits per heavy atom. The van der Waals surface area contributed by atoms with Gasteiger partial charge in [-0.3, -0.25) is 4.79 Å². The Hall–Kier alpha value is -2.71. The van der Waals surface area contributed by atoms with Crippen LogP contribution in [0, 0.1) is 0 Å². The zero-order valence-corrected chi connectivity index (χ0v) is 16.6. The first-order chi connectivity index (χ1) is 13.7. The molecule has 1 aliphatic rings. The molecule has 1 aromatic heterocycles. The highest BCUT2D eigenvalue weighted by molar-refractivity contribution is 7.99. The summed E-state index contributed by atoms with van der Waals surface area (Å²) in [6.45, 7) is 0.733. The molecule has 2 heterocycles. The van der Waals surface area contributed by atoms with E-state index >= 15 is 0 Å². The largest absolute Gasteiger partial charge is 0.497 e. The van der Waals surface area contributed by atoms with Crippen LogP contribution in [0.15, 0.2) is 53.7 Å². The molecule has 0 atom stereocenters. The maximum Gasteiger partial charge on any atom is 0.272 e. The van der Waals surface area contributed by atoms with Crippen molar-refractivity contribution in [2.45, 2.75) is 11.8 Å². The number of benzene rings is 2. The number of thioether (sulfide) groups is 1. The van der Waals surface area contributed by atoms with Crippen LogP contribution >= 0.6 is 23.4 Å². The van der Waals surface area contributed by atoms with Crippen molar-refractivity contribution < 1.29 is 14.3 Å². The van der Waals surface area contributed by atoms with Gasteiger partial charge in [0.05, 0.1) is 13.7 Å². The van der Waals surface area contributed by atoms with E-state index in [1.165, 1.54) is 0 Å². The molecule has 0 radical (unpaired) electrons. The molecule has 0 saturated heterocycles. The van der Waals surface area contributed by atoms with Crippen LogP contribution in [0.3, 0.4) is 0 Å². The van der Waals surface area contributed by atoms with Gasteiger partial charge in [0.25, 0.3) is 5.91 Å². The standard InChI is InChI=1S/C19H17ClN4O3S/c1-26-15-6-8-16(9-7-15)27-12-17-21-22-19-24(17)23(10-11-28-19)18(25)13-2-4-14(20)5-3-13/h2-9H,10-12H2,1H3. The number of aromatic nitrogens is 3. The van der Waals surface area contributed by atoms with Crippen LogP contribution in [0.1, 0.15) is 16.2 Å². The van der Waals surface area contributed by atoms with Crippen LogP contribution in [0.4, 0.5) is 0 Å². The van der Waals surface area contributed by atoms with E-state index in [-0.39, 0.29) is 12.5 Å². The summed E-state index contributed by atoms with van der Waals surface area (Å²) in [6.07, 6.45) is 0. The van der Waals surface area contributed by atoms with Gasteiger partial charge in [-0.1, -0.05) is 23.4 Å². The van der Waals surface area contributed by atoms with E-state index in [9.17, 15) is 4.79 Å². The summed E-state index contributed by atoms with van der Waals surface area (Å²) in [7, 11) is 1.61. The number of halogens is 1. The molecule has 2 aromatic carbocycles. The minimum absolute atomic E-state index is 0.135. The Labute approximate surface area is 171 Å². The zero-order chi connectivity index (χ0) is 19.5. The van der Waals surface area contributed by atoms with Crippen LogP contribution in [0.25, 0.3) is 0 Å². The first-order valence-corrected chi connectivity index (χ1v) is 9.94. The van der Waals surface area contributed by atoms with Gasteiger partial charge < -0.3 is 9.47 Å². The number of hydrogen-bond acceptors (Lipinski definition) is 6. The van der Waals surface area contributed by atoms with Crippen LogP contribution < -0.4 is 14.5 Å². The van der Waals surface area contributed by atoms with E-state index in [0.717, 1.165) is 11.5 Å². The second kappa shape index (κ2) is 8.12. The highest BCUT2D eigenvalue weighted by Gasteiger charge is 2.28. The monoisotopic (exact) mass is 416 g/mol. The topological polar surface area (TPSA) is 69.5 Å². The van der Waals surface area contributed by atoms with E-state index in [1.807, 2.05) is 24.3 Å². The third-order valence-electron chi connectivity index (χ3n) is 4.21. The highest BCUT2D eigenvalue weighted by Crippen LogP contribution is 2.25. The molecule has 0 unspecified atom stereocenters. The average molecular weight is 417 g/mol. The number of rotatable bonds is 5. The van der Waals surface area contributed by atoms with Gasteiger partial charge >= 0.3 is 0 Å². The smallest absolute Gasteiger partial charge is 0.272 e. The van der Waals surface area contributed by atoms with Crippen LogP contribution in [-0.4, -0.2) is 40.2 Å². The van der Waals surface area contributed by atoms with Crippen LogP contribution in [-0.2, 0) is 6.61 Å². The van der Waals surface area contributed by atoms with E-state index in [0.29, 0.717) is 33.9 Å². The predicted molar refractivity (Wildman–Crippen MR) is 107 cm³/mol. The molecule has 1 aliphatic heterocycles. The number of carbonyl (C=O) groups is 1. The predicted octanol–water partition coefficient (Wildman–Crippen LogP) is 3.40. The molecule has 0 aliphatic carbocycles. The first kappa shape index (κ1) is 18.6. The molecule has 0 fully saturated rings. The maximum absolute atomic E-state index is 13.0. The molecule has 0 bridgehead atoms. The van der Waals surface area contributed by atoms with E-state index < -0.39 is 0 Å². The molecule has 144 valence electrons. The van der Waals surface area contributed by atoms with Crippen molar-refractivity contribution in [3.8, 4) is 11.5 Å². The van der Waals surface area contributed by atoms with Gasteiger partial charge in [-0.05, 0) is 48.5 Å². The molecular weight excluding hydrogens is 400 g/mol. The van der Waals surface area contributed by atoms with Gasteiger partial charge in [0.1, 0.15) is 18.1 Å². The normalized spacial score (nSPS) is 13.1. The molecule has 7 nitrogen and oxygen atoms in total. The molecule has 0 spiro atoms. The molecule has 28 heavy (non-hydrogen) atoms. The van der Waals surface area contributed by atoms with Crippen LogP contribution in [0.2, 0.25) is 5.02 Å². The van der Waals surface area contributed by atoms with Gasteiger partial charge in [0, 0.05) is 16.3 Å². The third-order valence-corrected chi connectivity index (χ3v) is 5.36. The fraction of sp³-hybridized carbons (Fsp3) is 0.211. The number of ether oxygens (including phenoxy) is 2. The zero-order valence-electron chi connectivity index (χ0n) is 15.0. The fourth-order valence-corrected chi connectivity index (χ4v) is 3.79. The van der Waals surface area contributed by atoms with Crippen molar-refractivity contribution in [2.75, 3.05) is 24.4 Å². The lowest BCUT2D eigenvalue weighted by Gasteiger charge is -2.29. The minimum Gasteiger partial charge on any atom is -0.497 e. The van der Waals surface area contributed by atoms with E-state index in [1.54, 1.807) is 52.8 Å². The fourth-order valence-electron chi connectivity index (χ4n) is 2.80. The lowest BCUT2D eigenvalue weighted by atomic mass is 10.2. The SMILES string of the molecule is COc1ccc(OCc2nnc3n2N(C(=O)c2ccc(Cl)cc2)CCS3)cc1. The first-order valence-electron chi connectivity index (χ1n) is 8.57. The summed E-state index contributed by atoms with van der Waals surface area (Å²) >= 11 is 7.49. The van der Waals surface area contributed by atoms with Crippen molar-refractivity contribution in [3.05, 3.63) is 64.9 Å². The molecular formula is C19H17ClN4O3S. The number of amides is 1. The van der Waals surface area contributed by atoms with Crippen LogP contribution in [0.5, 0.6) is 11.5 Å². The Balaban J connectivity index is 1.55. The average Bonchev–Trinajstić information content (AvgIpc) is 3.16. The summed E-state index contributed by atoms with van der Waals surface area (Å²) in [4.78, 5) is 13.0. The van der Waals surface area contributed by atoms with E-state index in [2.05, 4.69) is 10.2 Å². The lowest BCUT2D eigenvalue weighted by molar-refractivity contribution is 0.0953. The molecule has 0 N–H and O–H groups in total. The number of nitrogens with zero attached hydrogens (tertiary/aromatic N) is 4. The number of carbonyl (C=O) groups excluding carboxylic acids is 1. The van der Waals surface area contributed by atoms with Gasteiger partial charge in [-0.25, -0.2) is 9.69 Å². The van der Waals surface area contributed by atoms with Crippen molar-refractivity contribution in [1.82, 2.24) is 14.9 Å². The summed E-state index contributed by atoms with van der Waals surface area (Å²) in [5.74, 6) is 2.60. The van der Waals surface area contributed by atoms with Crippen molar-refractivity contribution in [2.24, 2.45) is 0 Å². The van der Waals surface area contributed by atoms with Crippen molar-refractivity contribution in [3.63, 3.8) is 0 Å². The molecule has 0 saturated carbocycles. The van der Waals surface area contributed by atoms with Crippen molar-refractivity contribution in [1.29, 1.82) is 0 Å².